The van der Waals surface area contributed by atoms with Crippen LogP contribution in [0.5, 0.6) is 0 Å². The molecule has 13 unspecified atom stereocenters. The summed E-state index contributed by atoms with van der Waals surface area (Å²) in [5.41, 5.74) is 7.51. The van der Waals surface area contributed by atoms with Crippen molar-refractivity contribution in [2.45, 2.75) is 107 Å². The molecule has 5 fully saturated rings. The van der Waals surface area contributed by atoms with Crippen LogP contribution >= 0.6 is 0 Å². The number of aromatic nitrogens is 3. The Kier molecular flexibility index (Phi) is 7.44. The SMILES string of the molecule is CN=C(N)NC1C#CC2CC3(C=C(Cc4cc5ccccc5[nH]4)C24C2CCCC5(O)C6CC(O)C(O)(C1)C6C4CCC25)CCC(Cn1ccnc1)C3. The van der Waals surface area contributed by atoms with Crippen molar-refractivity contribution >= 4 is 16.9 Å². The molecule has 9 nitrogen and oxygen atoms in total. The molecule has 0 amide bonds. The number of hydrogen-bond donors (Lipinski definition) is 6. The number of aliphatic hydroxyl groups excluding tert-OH is 1. The second kappa shape index (κ2) is 11.7. The number of nitrogens with two attached hydrogens (primary N) is 1. The zero-order chi connectivity index (χ0) is 35.5. The molecule has 52 heavy (non-hydrogen) atoms. The normalized spacial score (nSPS) is 44.7. The van der Waals surface area contributed by atoms with Gasteiger partial charge in [0.2, 0.25) is 0 Å². The summed E-state index contributed by atoms with van der Waals surface area (Å²) in [7, 11) is 1.66. The fraction of sp³-hybridized carbons (Fsp3) is 0.628. The average molecular weight is 703 g/mol. The third kappa shape index (κ3) is 4.66. The van der Waals surface area contributed by atoms with Crippen molar-refractivity contribution in [1.82, 2.24) is 19.9 Å². The van der Waals surface area contributed by atoms with E-state index in [1.54, 1.807) is 7.05 Å². The zero-order valence-corrected chi connectivity index (χ0v) is 30.3. The van der Waals surface area contributed by atoms with Crippen LogP contribution in [-0.4, -0.2) is 66.2 Å². The highest BCUT2D eigenvalue weighted by molar-refractivity contribution is 5.80. The summed E-state index contributed by atoms with van der Waals surface area (Å²) >= 11 is 0. The lowest BCUT2D eigenvalue weighted by molar-refractivity contribution is -0.150. The third-order valence-corrected chi connectivity index (χ3v) is 15.9. The number of para-hydroxylation sites is 1. The quantitative estimate of drug-likeness (QED) is 0.0963. The minimum absolute atomic E-state index is 0.0134. The van der Waals surface area contributed by atoms with Gasteiger partial charge in [-0.05, 0) is 116 Å². The number of benzene rings is 1. The Hall–Kier alpha value is -3.58. The van der Waals surface area contributed by atoms with Crippen LogP contribution in [0.4, 0.5) is 0 Å². The van der Waals surface area contributed by atoms with E-state index in [9.17, 15) is 15.3 Å². The van der Waals surface area contributed by atoms with Crippen LogP contribution < -0.4 is 11.1 Å². The molecule has 3 aromatic rings. The molecule has 1 aromatic carbocycles. The van der Waals surface area contributed by atoms with E-state index in [4.69, 9.17) is 5.73 Å². The van der Waals surface area contributed by atoms with Crippen LogP contribution in [-0.2, 0) is 13.0 Å². The van der Waals surface area contributed by atoms with Crippen molar-refractivity contribution in [2.75, 3.05) is 7.05 Å². The molecule has 13 atom stereocenters. The fourth-order valence-electron chi connectivity index (χ4n) is 14.3. The summed E-state index contributed by atoms with van der Waals surface area (Å²) in [5.74, 6) is 8.63. The fourth-order valence-corrected chi connectivity index (χ4v) is 14.3. The van der Waals surface area contributed by atoms with E-state index >= 15 is 0 Å². The summed E-state index contributed by atoms with van der Waals surface area (Å²) in [5, 5.41) is 42.8. The predicted molar refractivity (Wildman–Crippen MR) is 201 cm³/mol. The monoisotopic (exact) mass is 702 g/mol. The number of aliphatic imine (C=N–C) groups is 1. The minimum atomic E-state index is -1.41. The average Bonchev–Trinajstić information content (AvgIpc) is 3.91. The van der Waals surface area contributed by atoms with E-state index in [1.807, 2.05) is 12.5 Å². The number of hydrogen-bond acceptors (Lipinski definition) is 5. The van der Waals surface area contributed by atoms with Crippen LogP contribution in [0.2, 0.25) is 0 Å². The number of nitrogens with one attached hydrogen (secondary N) is 2. The summed E-state index contributed by atoms with van der Waals surface area (Å²) in [4.78, 5) is 12.3. The Morgan fingerprint density at radius 1 is 1.04 bits per heavy atom. The van der Waals surface area contributed by atoms with Crippen LogP contribution in [0.1, 0.15) is 76.3 Å². The van der Waals surface area contributed by atoms with E-state index in [1.165, 1.54) is 23.1 Å². The Morgan fingerprint density at radius 2 is 1.90 bits per heavy atom. The lowest BCUT2D eigenvalue weighted by Gasteiger charge is -2.63. The molecule has 5 saturated carbocycles. The number of nitrogens with zero attached hydrogens (tertiary/aromatic N) is 3. The molecule has 0 radical (unpaired) electrons. The largest absolute Gasteiger partial charge is 0.390 e. The molecule has 0 saturated heterocycles. The van der Waals surface area contributed by atoms with Crippen molar-refractivity contribution in [2.24, 2.45) is 63.0 Å². The molecule has 7 aliphatic rings. The first-order valence-corrected chi connectivity index (χ1v) is 20.0. The van der Waals surface area contributed by atoms with Crippen molar-refractivity contribution in [3.8, 4) is 11.8 Å². The molecule has 7 aliphatic carbocycles. The third-order valence-electron chi connectivity index (χ3n) is 15.9. The summed E-state index contributed by atoms with van der Waals surface area (Å²) in [6, 6.07) is 10.4. The van der Waals surface area contributed by atoms with Gasteiger partial charge in [-0.15, -0.1) is 0 Å². The summed E-state index contributed by atoms with van der Waals surface area (Å²) in [6.45, 7) is 0.977. The minimum Gasteiger partial charge on any atom is -0.390 e. The lowest BCUT2D eigenvalue weighted by Crippen LogP contribution is -2.60. The summed E-state index contributed by atoms with van der Waals surface area (Å²) in [6.07, 6.45) is 18.3. The molecule has 0 aliphatic heterocycles. The molecule has 9 heteroatoms. The van der Waals surface area contributed by atoms with Gasteiger partial charge in [0.25, 0.3) is 0 Å². The second-order valence-electron chi connectivity index (χ2n) is 18.1. The van der Waals surface area contributed by atoms with E-state index in [0.717, 1.165) is 69.8 Å². The Morgan fingerprint density at radius 3 is 2.73 bits per heavy atom. The number of allylic oxidation sites excluding steroid dienone is 2. The van der Waals surface area contributed by atoms with Crippen LogP contribution in [0.3, 0.4) is 0 Å². The van der Waals surface area contributed by atoms with Gasteiger partial charge in [0.05, 0.1) is 29.7 Å². The predicted octanol–water partition coefficient (Wildman–Crippen LogP) is 4.94. The first-order valence-electron chi connectivity index (χ1n) is 20.0. The van der Waals surface area contributed by atoms with E-state index in [0.29, 0.717) is 12.3 Å². The van der Waals surface area contributed by atoms with Gasteiger partial charge < -0.3 is 35.9 Å². The number of H-pyrrole nitrogens is 1. The molecule has 7 N–H and O–H groups in total. The van der Waals surface area contributed by atoms with Gasteiger partial charge in [-0.1, -0.05) is 48.1 Å². The maximum Gasteiger partial charge on any atom is 0.189 e. The zero-order valence-electron chi connectivity index (χ0n) is 30.3. The van der Waals surface area contributed by atoms with E-state index in [-0.39, 0.29) is 58.7 Å². The standard InChI is InChI=1S/C43H54N6O3/c1-45-39(44)48-30-9-8-28-21-40(14-12-26(20-40)24-49-16-15-46-25-49)22-29(18-31-17-27-5-2-3-7-36(27)47-31)43(28)33-6-4-13-41(51)32(33)10-11-34(43)38-35(41)19-37(50)42(38,52)23-30/h2-3,5,7,15-17,22,25-26,28,30,32-35,37-38,47,50-52H,4,6,10-14,18-21,23-24H2,1H3,(H3,44,45,48). The van der Waals surface area contributed by atoms with Gasteiger partial charge in [-0.25, -0.2) is 4.98 Å². The maximum atomic E-state index is 13.1. The maximum absolute atomic E-state index is 13.1. The lowest BCUT2D eigenvalue weighted by atomic mass is 9.41. The number of fused-ring (bicyclic) bond motifs is 2. The highest BCUT2D eigenvalue weighted by Gasteiger charge is 2.75. The van der Waals surface area contributed by atoms with Crippen LogP contribution in [0, 0.1) is 64.1 Å². The molecule has 10 rings (SSSR count). The van der Waals surface area contributed by atoms with Gasteiger partial charge in [-0.3, -0.25) is 4.99 Å². The molecule has 2 aromatic heterocycles. The van der Waals surface area contributed by atoms with Gasteiger partial charge in [0, 0.05) is 61.4 Å². The van der Waals surface area contributed by atoms with Gasteiger partial charge in [-0.2, -0.15) is 0 Å². The number of aromatic amines is 1. The Labute approximate surface area is 306 Å². The smallest absolute Gasteiger partial charge is 0.189 e. The van der Waals surface area contributed by atoms with Crippen LogP contribution in [0.25, 0.3) is 10.9 Å². The first kappa shape index (κ1) is 33.0. The molecule has 274 valence electrons. The Bertz CT molecular complexity index is 1960. The molecular formula is C43H54N6O3. The highest BCUT2D eigenvalue weighted by Crippen LogP contribution is 2.76. The first-order chi connectivity index (χ1) is 25.1. The number of aliphatic hydroxyl groups is 3. The van der Waals surface area contributed by atoms with Gasteiger partial charge in [0.15, 0.2) is 5.96 Å². The van der Waals surface area contributed by atoms with Crippen molar-refractivity contribution in [3.05, 3.63) is 66.4 Å². The van der Waals surface area contributed by atoms with Crippen LogP contribution in [0.15, 0.2) is 65.7 Å². The Balaban J connectivity index is 1.19. The molecule has 6 bridgehead atoms. The molecule has 2 spiro atoms. The number of imidazole rings is 1. The van der Waals surface area contributed by atoms with Crippen molar-refractivity contribution in [1.29, 1.82) is 0 Å². The number of rotatable bonds is 5. The molecular weight excluding hydrogens is 649 g/mol. The topological polar surface area (TPSA) is 145 Å². The van der Waals surface area contributed by atoms with Gasteiger partial charge >= 0.3 is 0 Å². The summed E-state index contributed by atoms with van der Waals surface area (Å²) < 4.78 is 2.23. The van der Waals surface area contributed by atoms with Crippen molar-refractivity contribution < 1.29 is 15.3 Å². The second-order valence-corrected chi connectivity index (χ2v) is 18.1. The van der Waals surface area contributed by atoms with Crippen molar-refractivity contribution in [3.63, 3.8) is 0 Å². The van der Waals surface area contributed by atoms with E-state index in [2.05, 4.69) is 79.3 Å². The number of guanidine groups is 1. The molecule has 2 heterocycles. The van der Waals surface area contributed by atoms with E-state index < -0.39 is 23.3 Å². The highest BCUT2D eigenvalue weighted by atomic mass is 16.3. The van der Waals surface area contributed by atoms with Gasteiger partial charge in [0.1, 0.15) is 0 Å².